The SMILES string of the molecule is Fc1ccc(Cl)c(COn2ccc3ncc(-c4cnn(C5CCNCC5)c4)cc32)c1. The van der Waals surface area contributed by atoms with Gasteiger partial charge in [0.15, 0.2) is 0 Å². The average Bonchev–Trinajstić information content (AvgIpc) is 3.42. The van der Waals surface area contributed by atoms with E-state index in [1.54, 1.807) is 10.9 Å². The third-order valence-corrected chi connectivity index (χ3v) is 5.86. The summed E-state index contributed by atoms with van der Waals surface area (Å²) >= 11 is 6.14. The van der Waals surface area contributed by atoms with Gasteiger partial charge in [0.25, 0.3) is 0 Å². The number of aromatic nitrogens is 4. The maximum Gasteiger partial charge on any atom is 0.141 e. The molecule has 0 saturated carbocycles. The van der Waals surface area contributed by atoms with Gasteiger partial charge < -0.3 is 10.2 Å². The molecule has 1 aromatic carbocycles. The Kier molecular flexibility index (Phi) is 5.14. The van der Waals surface area contributed by atoms with E-state index in [0.717, 1.165) is 48.1 Å². The molecule has 0 aliphatic carbocycles. The summed E-state index contributed by atoms with van der Waals surface area (Å²) in [7, 11) is 0. The number of fused-ring (bicyclic) bond motifs is 1. The number of rotatable bonds is 5. The van der Waals surface area contributed by atoms with Gasteiger partial charge in [0, 0.05) is 40.3 Å². The summed E-state index contributed by atoms with van der Waals surface area (Å²) in [4.78, 5) is 10.4. The third kappa shape index (κ3) is 3.78. The molecule has 1 N–H and O–H groups in total. The van der Waals surface area contributed by atoms with Crippen LogP contribution in [0.2, 0.25) is 5.02 Å². The van der Waals surface area contributed by atoms with Gasteiger partial charge in [0.2, 0.25) is 0 Å². The maximum absolute atomic E-state index is 13.5. The molecule has 4 heterocycles. The molecule has 4 aromatic rings. The molecule has 0 atom stereocenters. The lowest BCUT2D eigenvalue weighted by atomic mass is 10.1. The summed E-state index contributed by atoms with van der Waals surface area (Å²) in [5.74, 6) is -0.343. The van der Waals surface area contributed by atoms with E-state index in [-0.39, 0.29) is 12.4 Å². The molecule has 0 unspecified atom stereocenters. The first-order valence-corrected chi connectivity index (χ1v) is 10.3. The molecule has 6 nitrogen and oxygen atoms in total. The van der Waals surface area contributed by atoms with E-state index in [9.17, 15) is 4.39 Å². The quantitative estimate of drug-likeness (QED) is 0.519. The van der Waals surface area contributed by atoms with Crippen LogP contribution in [0, 0.1) is 5.82 Å². The predicted molar refractivity (Wildman–Crippen MR) is 114 cm³/mol. The highest BCUT2D eigenvalue weighted by Gasteiger charge is 2.16. The van der Waals surface area contributed by atoms with Gasteiger partial charge in [-0.05, 0) is 56.3 Å². The van der Waals surface area contributed by atoms with Gasteiger partial charge in [-0.3, -0.25) is 9.67 Å². The van der Waals surface area contributed by atoms with Crippen LogP contribution >= 0.6 is 11.6 Å². The average molecular weight is 426 g/mol. The molecule has 1 aliphatic heterocycles. The first-order chi connectivity index (χ1) is 14.7. The van der Waals surface area contributed by atoms with Gasteiger partial charge in [-0.25, -0.2) is 4.39 Å². The van der Waals surface area contributed by atoms with Gasteiger partial charge >= 0.3 is 0 Å². The lowest BCUT2D eigenvalue weighted by molar-refractivity contribution is 0.107. The number of halogens is 2. The van der Waals surface area contributed by atoms with Crippen LogP contribution in [0.3, 0.4) is 0 Å². The Morgan fingerprint density at radius 1 is 1.13 bits per heavy atom. The van der Waals surface area contributed by atoms with Crippen LogP contribution in [0.15, 0.2) is 55.1 Å². The topological polar surface area (TPSA) is 56.9 Å². The molecular weight excluding hydrogens is 405 g/mol. The van der Waals surface area contributed by atoms with E-state index >= 15 is 0 Å². The lowest BCUT2D eigenvalue weighted by Crippen LogP contribution is -2.29. The van der Waals surface area contributed by atoms with E-state index < -0.39 is 0 Å². The fourth-order valence-electron chi connectivity index (χ4n) is 3.81. The molecule has 5 rings (SSSR count). The Hall–Kier alpha value is -2.90. The number of hydrogen-bond acceptors (Lipinski definition) is 4. The second-order valence-corrected chi connectivity index (χ2v) is 7.88. The highest BCUT2D eigenvalue weighted by molar-refractivity contribution is 6.31. The van der Waals surface area contributed by atoms with Crippen molar-refractivity contribution in [2.75, 3.05) is 13.1 Å². The van der Waals surface area contributed by atoms with E-state index in [4.69, 9.17) is 16.4 Å². The molecule has 8 heteroatoms. The van der Waals surface area contributed by atoms with Crippen molar-refractivity contribution in [1.29, 1.82) is 0 Å². The van der Waals surface area contributed by atoms with E-state index in [1.165, 1.54) is 18.2 Å². The van der Waals surface area contributed by atoms with Crippen molar-refractivity contribution in [3.63, 3.8) is 0 Å². The predicted octanol–water partition coefficient (Wildman–Crippen LogP) is 4.25. The first-order valence-electron chi connectivity index (χ1n) is 9.97. The molecule has 0 spiro atoms. The zero-order chi connectivity index (χ0) is 20.5. The smallest absolute Gasteiger partial charge is 0.141 e. The van der Waals surface area contributed by atoms with E-state index in [2.05, 4.69) is 26.3 Å². The zero-order valence-electron chi connectivity index (χ0n) is 16.3. The highest BCUT2D eigenvalue weighted by Crippen LogP contribution is 2.26. The molecule has 154 valence electrons. The summed E-state index contributed by atoms with van der Waals surface area (Å²) in [5, 5.41) is 8.42. The van der Waals surface area contributed by atoms with Crippen LogP contribution in [0.5, 0.6) is 0 Å². The Balaban J connectivity index is 1.39. The number of piperidine rings is 1. The van der Waals surface area contributed by atoms with Crippen molar-refractivity contribution in [1.82, 2.24) is 24.8 Å². The lowest BCUT2D eigenvalue weighted by Gasteiger charge is -2.22. The summed E-state index contributed by atoms with van der Waals surface area (Å²) in [6.45, 7) is 2.19. The Morgan fingerprint density at radius 2 is 2.00 bits per heavy atom. The minimum absolute atomic E-state index is 0.151. The van der Waals surface area contributed by atoms with Gasteiger partial charge in [-0.15, -0.1) is 0 Å². The molecule has 1 aliphatic rings. The van der Waals surface area contributed by atoms with Crippen LogP contribution in [-0.2, 0) is 6.61 Å². The Morgan fingerprint density at radius 3 is 2.87 bits per heavy atom. The number of nitrogens with one attached hydrogen (secondary N) is 1. The number of hydrogen-bond donors (Lipinski definition) is 1. The minimum atomic E-state index is -0.343. The van der Waals surface area contributed by atoms with Crippen molar-refractivity contribution in [3.05, 3.63) is 71.5 Å². The van der Waals surface area contributed by atoms with Crippen LogP contribution in [0.4, 0.5) is 4.39 Å². The molecule has 0 radical (unpaired) electrons. The van der Waals surface area contributed by atoms with Gasteiger partial charge in [-0.1, -0.05) is 11.6 Å². The third-order valence-electron chi connectivity index (χ3n) is 5.49. The zero-order valence-corrected chi connectivity index (χ0v) is 17.0. The Labute approximate surface area is 178 Å². The van der Waals surface area contributed by atoms with Gasteiger partial charge in [0.1, 0.15) is 17.9 Å². The van der Waals surface area contributed by atoms with E-state index in [1.807, 2.05) is 24.5 Å². The highest BCUT2D eigenvalue weighted by atomic mass is 35.5. The molecule has 1 fully saturated rings. The normalized spacial score (nSPS) is 15.0. The Bertz CT molecular complexity index is 1180. The fraction of sp³-hybridized carbons (Fsp3) is 0.273. The largest absolute Gasteiger partial charge is 0.409 e. The van der Waals surface area contributed by atoms with Crippen molar-refractivity contribution in [3.8, 4) is 11.1 Å². The minimum Gasteiger partial charge on any atom is -0.409 e. The first kappa shape index (κ1) is 19.1. The molecule has 3 aromatic heterocycles. The van der Waals surface area contributed by atoms with Crippen molar-refractivity contribution >= 4 is 22.6 Å². The van der Waals surface area contributed by atoms with Gasteiger partial charge in [-0.2, -0.15) is 9.83 Å². The molecular formula is C22H21ClFN5O. The van der Waals surface area contributed by atoms with E-state index in [0.29, 0.717) is 16.6 Å². The molecule has 0 amide bonds. The molecule has 1 saturated heterocycles. The molecule has 0 bridgehead atoms. The number of nitrogens with zero attached hydrogens (tertiary/aromatic N) is 4. The van der Waals surface area contributed by atoms with Crippen molar-refractivity contribution in [2.24, 2.45) is 0 Å². The number of benzene rings is 1. The van der Waals surface area contributed by atoms with Crippen molar-refractivity contribution < 1.29 is 9.23 Å². The summed E-state index contributed by atoms with van der Waals surface area (Å²) in [6.07, 6.45) is 9.77. The van der Waals surface area contributed by atoms with Crippen LogP contribution in [0.25, 0.3) is 22.2 Å². The van der Waals surface area contributed by atoms with Crippen LogP contribution in [-0.4, -0.2) is 32.6 Å². The number of pyridine rings is 1. The second kappa shape index (κ2) is 8.08. The fourth-order valence-corrected chi connectivity index (χ4v) is 3.98. The van der Waals surface area contributed by atoms with Crippen LogP contribution in [0.1, 0.15) is 24.4 Å². The maximum atomic E-state index is 13.5. The standard InChI is InChI=1S/C22H21ClFN5O/c23-20-2-1-18(24)9-16(20)14-30-29-8-5-21-22(29)10-15(11-26-21)17-12-27-28(13-17)19-3-6-25-7-4-19/h1-2,5,8-13,19,25H,3-4,6-7,14H2. The summed E-state index contributed by atoms with van der Waals surface area (Å²) < 4.78 is 17.2. The summed E-state index contributed by atoms with van der Waals surface area (Å²) in [5.41, 5.74) is 4.22. The second-order valence-electron chi connectivity index (χ2n) is 7.47. The molecule has 30 heavy (non-hydrogen) atoms. The van der Waals surface area contributed by atoms with Gasteiger partial charge in [0.05, 0.1) is 17.8 Å². The summed E-state index contributed by atoms with van der Waals surface area (Å²) in [6, 6.07) is 8.58. The van der Waals surface area contributed by atoms with Crippen LogP contribution < -0.4 is 10.2 Å². The monoisotopic (exact) mass is 425 g/mol. The van der Waals surface area contributed by atoms with Crippen molar-refractivity contribution in [2.45, 2.75) is 25.5 Å².